The lowest BCUT2D eigenvalue weighted by Gasteiger charge is -2.16. The highest BCUT2D eigenvalue weighted by Crippen LogP contribution is 2.09. The normalized spacial score (nSPS) is 10.8. The average molecular weight is 314 g/mol. The Balaban J connectivity index is 1.70. The number of hydrogen-bond donors (Lipinski definition) is 1. The fraction of sp³-hybridized carbons (Fsp3) is 0.316. The highest BCUT2D eigenvalue weighted by atomic mass is 19.1. The molecule has 23 heavy (non-hydrogen) atoms. The molecule has 2 aromatic carbocycles. The second kappa shape index (κ2) is 8.44. The Labute approximate surface area is 137 Å². The van der Waals surface area contributed by atoms with Gasteiger partial charge in [-0.3, -0.25) is 4.79 Å². The molecule has 0 saturated heterocycles. The summed E-state index contributed by atoms with van der Waals surface area (Å²) in [4.78, 5) is 14.2. The van der Waals surface area contributed by atoms with Gasteiger partial charge in [0.2, 0.25) is 0 Å². The standard InChI is InChI=1S/C19H23FN2O/c1-15-9-10-17(13-18(15)20)19(23)21-11-6-12-22(2)14-16-7-4-3-5-8-16/h3-5,7-10,13H,6,11-12,14H2,1-2H3,(H,21,23). The van der Waals surface area contributed by atoms with E-state index >= 15 is 0 Å². The highest BCUT2D eigenvalue weighted by Gasteiger charge is 2.07. The van der Waals surface area contributed by atoms with Crippen LogP contribution in [-0.4, -0.2) is 30.9 Å². The molecular formula is C19H23FN2O. The van der Waals surface area contributed by atoms with Crippen molar-refractivity contribution in [3.05, 3.63) is 71.0 Å². The van der Waals surface area contributed by atoms with Gasteiger partial charge in [-0.25, -0.2) is 4.39 Å². The minimum atomic E-state index is -0.347. The first-order valence-corrected chi connectivity index (χ1v) is 7.83. The van der Waals surface area contributed by atoms with Gasteiger partial charge in [0, 0.05) is 18.7 Å². The summed E-state index contributed by atoms with van der Waals surface area (Å²) in [5, 5.41) is 2.83. The second-order valence-corrected chi connectivity index (χ2v) is 5.80. The molecule has 0 aliphatic rings. The highest BCUT2D eigenvalue weighted by molar-refractivity contribution is 5.94. The third kappa shape index (κ3) is 5.49. The van der Waals surface area contributed by atoms with Crippen LogP contribution in [0.5, 0.6) is 0 Å². The lowest BCUT2D eigenvalue weighted by atomic mass is 10.1. The first kappa shape index (κ1) is 17.2. The summed E-state index contributed by atoms with van der Waals surface area (Å²) in [6, 6.07) is 14.8. The summed E-state index contributed by atoms with van der Waals surface area (Å²) in [5.41, 5.74) is 2.18. The van der Waals surface area contributed by atoms with Crippen LogP contribution in [0.15, 0.2) is 48.5 Å². The molecule has 0 fully saturated rings. The lowest BCUT2D eigenvalue weighted by Crippen LogP contribution is -2.28. The molecule has 0 spiro atoms. The number of halogens is 1. The van der Waals surface area contributed by atoms with Gasteiger partial charge in [-0.15, -0.1) is 0 Å². The first-order valence-electron chi connectivity index (χ1n) is 7.83. The molecule has 4 heteroatoms. The molecule has 0 aromatic heterocycles. The number of nitrogens with one attached hydrogen (secondary N) is 1. The van der Waals surface area contributed by atoms with Crippen molar-refractivity contribution in [1.29, 1.82) is 0 Å². The minimum absolute atomic E-state index is 0.227. The number of rotatable bonds is 7. The monoisotopic (exact) mass is 314 g/mol. The van der Waals surface area contributed by atoms with Crippen LogP contribution >= 0.6 is 0 Å². The molecule has 0 unspecified atom stereocenters. The summed E-state index contributed by atoms with van der Waals surface area (Å²) in [5.74, 6) is -0.574. The van der Waals surface area contributed by atoms with Crippen LogP contribution in [0.1, 0.15) is 27.9 Å². The zero-order valence-electron chi connectivity index (χ0n) is 13.7. The largest absolute Gasteiger partial charge is 0.352 e. The third-order valence-electron chi connectivity index (χ3n) is 3.73. The molecular weight excluding hydrogens is 291 g/mol. The molecule has 0 atom stereocenters. The molecule has 0 aliphatic carbocycles. The number of amides is 1. The summed E-state index contributed by atoms with van der Waals surface area (Å²) in [6.07, 6.45) is 0.851. The van der Waals surface area contributed by atoms with E-state index in [0.717, 1.165) is 19.5 Å². The van der Waals surface area contributed by atoms with Gasteiger partial charge in [0.25, 0.3) is 5.91 Å². The van der Waals surface area contributed by atoms with E-state index in [1.807, 2.05) is 18.2 Å². The van der Waals surface area contributed by atoms with Crippen LogP contribution in [0, 0.1) is 12.7 Å². The van der Waals surface area contributed by atoms with E-state index in [9.17, 15) is 9.18 Å². The van der Waals surface area contributed by atoms with E-state index in [4.69, 9.17) is 0 Å². The predicted octanol–water partition coefficient (Wildman–Crippen LogP) is 3.39. The third-order valence-corrected chi connectivity index (χ3v) is 3.73. The van der Waals surface area contributed by atoms with Crippen molar-refractivity contribution >= 4 is 5.91 Å². The fourth-order valence-electron chi connectivity index (χ4n) is 2.36. The predicted molar refractivity (Wildman–Crippen MR) is 90.9 cm³/mol. The molecule has 0 bridgehead atoms. The Bertz CT molecular complexity index is 643. The summed E-state index contributed by atoms with van der Waals surface area (Å²) in [6.45, 7) is 4.03. The lowest BCUT2D eigenvalue weighted by molar-refractivity contribution is 0.0951. The van der Waals surface area contributed by atoms with Crippen LogP contribution in [0.2, 0.25) is 0 Å². The van der Waals surface area contributed by atoms with Gasteiger partial charge in [0.05, 0.1) is 0 Å². The smallest absolute Gasteiger partial charge is 0.251 e. The molecule has 1 amide bonds. The quantitative estimate of drug-likeness (QED) is 0.795. The van der Waals surface area contributed by atoms with Crippen molar-refractivity contribution in [2.75, 3.05) is 20.1 Å². The van der Waals surface area contributed by atoms with Crippen LogP contribution in [0.3, 0.4) is 0 Å². The number of aryl methyl sites for hydroxylation is 1. The number of carbonyl (C=O) groups excluding carboxylic acids is 1. The molecule has 0 aliphatic heterocycles. The number of benzene rings is 2. The van der Waals surface area contributed by atoms with Crippen molar-refractivity contribution in [2.24, 2.45) is 0 Å². The van der Waals surface area contributed by atoms with Gasteiger partial charge in [-0.05, 0) is 50.2 Å². The van der Waals surface area contributed by atoms with Crippen LogP contribution in [-0.2, 0) is 6.54 Å². The Morgan fingerprint density at radius 1 is 1.17 bits per heavy atom. The van der Waals surface area contributed by atoms with E-state index in [0.29, 0.717) is 17.7 Å². The number of hydrogen-bond acceptors (Lipinski definition) is 2. The Morgan fingerprint density at radius 3 is 2.61 bits per heavy atom. The SMILES string of the molecule is Cc1ccc(C(=O)NCCCN(C)Cc2ccccc2)cc1F. The molecule has 2 aromatic rings. The topological polar surface area (TPSA) is 32.3 Å². The summed E-state index contributed by atoms with van der Waals surface area (Å²) in [7, 11) is 2.06. The Hall–Kier alpha value is -2.20. The molecule has 3 nitrogen and oxygen atoms in total. The van der Waals surface area contributed by atoms with E-state index in [1.165, 1.54) is 11.6 Å². The van der Waals surface area contributed by atoms with Crippen LogP contribution in [0.25, 0.3) is 0 Å². The summed E-state index contributed by atoms with van der Waals surface area (Å²) < 4.78 is 13.5. The van der Waals surface area contributed by atoms with Gasteiger partial charge in [0.15, 0.2) is 0 Å². The maximum atomic E-state index is 13.5. The van der Waals surface area contributed by atoms with Crippen LogP contribution in [0.4, 0.5) is 4.39 Å². The maximum Gasteiger partial charge on any atom is 0.251 e. The molecule has 2 rings (SSSR count). The Kier molecular flexibility index (Phi) is 6.29. The van der Waals surface area contributed by atoms with E-state index in [-0.39, 0.29) is 11.7 Å². The zero-order chi connectivity index (χ0) is 16.7. The van der Waals surface area contributed by atoms with Crippen molar-refractivity contribution in [3.63, 3.8) is 0 Å². The van der Waals surface area contributed by atoms with Crippen molar-refractivity contribution in [3.8, 4) is 0 Å². The van der Waals surface area contributed by atoms with Crippen molar-refractivity contribution in [1.82, 2.24) is 10.2 Å². The fourth-order valence-corrected chi connectivity index (χ4v) is 2.36. The number of nitrogens with zero attached hydrogens (tertiary/aromatic N) is 1. The second-order valence-electron chi connectivity index (χ2n) is 5.80. The molecule has 0 heterocycles. The number of carbonyl (C=O) groups is 1. The molecule has 122 valence electrons. The van der Waals surface area contributed by atoms with Crippen LogP contribution < -0.4 is 5.32 Å². The summed E-state index contributed by atoms with van der Waals surface area (Å²) >= 11 is 0. The molecule has 0 radical (unpaired) electrons. The van der Waals surface area contributed by atoms with Gasteiger partial charge in [-0.2, -0.15) is 0 Å². The minimum Gasteiger partial charge on any atom is -0.352 e. The van der Waals surface area contributed by atoms with E-state index in [2.05, 4.69) is 29.4 Å². The van der Waals surface area contributed by atoms with Gasteiger partial charge < -0.3 is 10.2 Å². The van der Waals surface area contributed by atoms with Gasteiger partial charge >= 0.3 is 0 Å². The van der Waals surface area contributed by atoms with Gasteiger partial charge in [0.1, 0.15) is 5.82 Å². The molecule has 0 saturated carbocycles. The van der Waals surface area contributed by atoms with E-state index < -0.39 is 0 Å². The average Bonchev–Trinajstić information content (AvgIpc) is 2.55. The van der Waals surface area contributed by atoms with Gasteiger partial charge in [-0.1, -0.05) is 36.4 Å². The van der Waals surface area contributed by atoms with Crippen molar-refractivity contribution in [2.45, 2.75) is 19.9 Å². The first-order chi connectivity index (χ1) is 11.1. The zero-order valence-corrected chi connectivity index (χ0v) is 13.7. The Morgan fingerprint density at radius 2 is 1.91 bits per heavy atom. The molecule has 1 N–H and O–H groups in total. The van der Waals surface area contributed by atoms with E-state index in [1.54, 1.807) is 19.1 Å². The maximum absolute atomic E-state index is 13.5. The van der Waals surface area contributed by atoms with Crippen molar-refractivity contribution < 1.29 is 9.18 Å².